The Labute approximate surface area is 202 Å². The van der Waals surface area contributed by atoms with E-state index in [-0.39, 0.29) is 22.9 Å². The maximum atomic E-state index is 13.0. The van der Waals surface area contributed by atoms with Gasteiger partial charge >= 0.3 is 0 Å². The molecule has 0 radical (unpaired) electrons. The maximum absolute atomic E-state index is 13.0. The van der Waals surface area contributed by atoms with Crippen molar-refractivity contribution in [3.8, 4) is 16.5 Å². The lowest BCUT2D eigenvalue weighted by Gasteiger charge is -2.15. The first-order chi connectivity index (χ1) is 17.1. The molecule has 1 aliphatic carbocycles. The van der Waals surface area contributed by atoms with E-state index in [9.17, 15) is 14.4 Å². The molecule has 10 heteroatoms. The van der Waals surface area contributed by atoms with E-state index in [0.29, 0.717) is 29.5 Å². The molecule has 174 valence electrons. The molecular weight excluding hydrogens is 464 g/mol. The number of nitrogens with zero attached hydrogens (tertiary/aromatic N) is 3. The third kappa shape index (κ3) is 3.77. The van der Waals surface area contributed by atoms with Gasteiger partial charge in [0.15, 0.2) is 0 Å². The summed E-state index contributed by atoms with van der Waals surface area (Å²) in [5, 5.41) is 9.88. The molecule has 0 atom stereocenters. The molecule has 4 heterocycles. The van der Waals surface area contributed by atoms with Crippen LogP contribution in [0.1, 0.15) is 34.5 Å². The number of aromatic nitrogens is 5. The van der Waals surface area contributed by atoms with E-state index < -0.39 is 11.7 Å². The summed E-state index contributed by atoms with van der Waals surface area (Å²) in [5.74, 6) is -1.05. The fourth-order valence-corrected chi connectivity index (χ4v) is 5.10. The van der Waals surface area contributed by atoms with Gasteiger partial charge in [-0.15, -0.1) is 11.3 Å². The van der Waals surface area contributed by atoms with E-state index in [1.165, 1.54) is 22.2 Å². The number of hydrogen-bond donors (Lipinski definition) is 3. The fraction of sp³-hybridized carbons (Fsp3) is 0.160. The highest BCUT2D eigenvalue weighted by Gasteiger charge is 2.24. The van der Waals surface area contributed by atoms with Gasteiger partial charge in [0.05, 0.1) is 16.1 Å². The van der Waals surface area contributed by atoms with Crippen molar-refractivity contribution in [1.29, 1.82) is 0 Å². The van der Waals surface area contributed by atoms with Gasteiger partial charge in [0.1, 0.15) is 11.5 Å². The summed E-state index contributed by atoms with van der Waals surface area (Å²) in [7, 11) is 0. The molecule has 3 N–H and O–H groups in total. The fourth-order valence-electron chi connectivity index (χ4n) is 4.42. The highest BCUT2D eigenvalue weighted by molar-refractivity contribution is 7.13. The van der Waals surface area contributed by atoms with Gasteiger partial charge in [-0.1, -0.05) is 24.3 Å². The number of carbonyl (C=O) groups excluding carboxylic acids is 2. The molecule has 0 aliphatic heterocycles. The number of aromatic amines is 2. The third-order valence-corrected chi connectivity index (χ3v) is 7.04. The van der Waals surface area contributed by atoms with E-state index in [4.69, 9.17) is 0 Å². The molecule has 0 saturated heterocycles. The van der Waals surface area contributed by atoms with Crippen LogP contribution in [0.25, 0.3) is 27.4 Å². The average molecular weight is 485 g/mol. The van der Waals surface area contributed by atoms with E-state index in [1.807, 2.05) is 35.7 Å². The van der Waals surface area contributed by atoms with Gasteiger partial charge in [-0.25, -0.2) is 4.98 Å². The van der Waals surface area contributed by atoms with Crippen LogP contribution in [0.3, 0.4) is 0 Å². The summed E-state index contributed by atoms with van der Waals surface area (Å²) in [6.07, 6.45) is 4.86. The predicted molar refractivity (Wildman–Crippen MR) is 133 cm³/mol. The van der Waals surface area contributed by atoms with Crippen molar-refractivity contribution in [2.45, 2.75) is 25.7 Å². The predicted octanol–water partition coefficient (Wildman–Crippen LogP) is 3.87. The van der Waals surface area contributed by atoms with Gasteiger partial charge in [-0.2, -0.15) is 9.78 Å². The van der Waals surface area contributed by atoms with Crippen molar-refractivity contribution in [3.63, 3.8) is 0 Å². The van der Waals surface area contributed by atoms with Crippen LogP contribution in [0.5, 0.6) is 0 Å². The van der Waals surface area contributed by atoms with Crippen LogP contribution in [0, 0.1) is 0 Å². The van der Waals surface area contributed by atoms with Crippen molar-refractivity contribution < 1.29 is 9.59 Å². The average Bonchev–Trinajstić information content (AvgIpc) is 3.63. The summed E-state index contributed by atoms with van der Waals surface area (Å²) in [6, 6.07) is 12.8. The Morgan fingerprint density at radius 3 is 2.80 bits per heavy atom. The number of Topliss-reactive ketones (excluding diaryl/α,β-unsaturated/α-hetero) is 1. The van der Waals surface area contributed by atoms with Crippen molar-refractivity contribution in [2.75, 3.05) is 5.32 Å². The molecule has 0 bridgehead atoms. The number of rotatable bonds is 5. The molecule has 35 heavy (non-hydrogen) atoms. The van der Waals surface area contributed by atoms with Crippen LogP contribution in [0.2, 0.25) is 0 Å². The lowest BCUT2D eigenvalue weighted by molar-refractivity contribution is -0.112. The number of fused-ring (bicyclic) bond motifs is 2. The second kappa shape index (κ2) is 8.48. The molecule has 1 aromatic carbocycles. The van der Waals surface area contributed by atoms with Gasteiger partial charge < -0.3 is 10.3 Å². The Morgan fingerprint density at radius 2 is 1.94 bits per heavy atom. The first kappa shape index (κ1) is 21.2. The number of amides is 1. The number of anilines is 1. The second-order valence-electron chi connectivity index (χ2n) is 8.36. The Morgan fingerprint density at radius 1 is 1.09 bits per heavy atom. The van der Waals surface area contributed by atoms with E-state index in [0.717, 1.165) is 28.9 Å². The van der Waals surface area contributed by atoms with Gasteiger partial charge in [-0.3, -0.25) is 19.4 Å². The zero-order chi connectivity index (χ0) is 23.9. The van der Waals surface area contributed by atoms with E-state index in [2.05, 4.69) is 25.4 Å². The van der Waals surface area contributed by atoms with Crippen LogP contribution in [-0.4, -0.2) is 36.4 Å². The normalized spacial score (nSPS) is 13.0. The van der Waals surface area contributed by atoms with Gasteiger partial charge in [0, 0.05) is 28.7 Å². The minimum Gasteiger partial charge on any atom is -0.360 e. The first-order valence-electron chi connectivity index (χ1n) is 11.3. The molecule has 0 spiro atoms. The number of benzene rings is 1. The number of thiophene rings is 1. The number of H-pyrrole nitrogens is 2. The smallest absolute Gasteiger partial charge is 0.298 e. The summed E-state index contributed by atoms with van der Waals surface area (Å²) >= 11 is 1.49. The highest BCUT2D eigenvalue weighted by atomic mass is 32.1. The quantitative estimate of drug-likeness (QED) is 0.258. The minimum atomic E-state index is -0.811. The largest absolute Gasteiger partial charge is 0.360 e. The van der Waals surface area contributed by atoms with Crippen molar-refractivity contribution >= 4 is 39.7 Å². The zero-order valence-electron chi connectivity index (χ0n) is 18.5. The third-order valence-electron chi connectivity index (χ3n) is 6.14. The minimum absolute atomic E-state index is 0.202. The molecule has 0 fully saturated rings. The van der Waals surface area contributed by atoms with Crippen LogP contribution in [-0.2, 0) is 17.6 Å². The van der Waals surface area contributed by atoms with Crippen LogP contribution in [0.4, 0.5) is 5.82 Å². The number of hydrogen-bond acceptors (Lipinski definition) is 6. The molecule has 4 aromatic heterocycles. The number of ketones is 1. The van der Waals surface area contributed by atoms with Crippen LogP contribution >= 0.6 is 11.3 Å². The highest BCUT2D eigenvalue weighted by Crippen LogP contribution is 2.28. The SMILES string of the molecule is O=C(Nc1cc(-c2cccs2)nn1-c1nc2c(c(=O)[nH]1)CCCC2)C(=O)c1c[nH]c2ccccc12. The maximum Gasteiger partial charge on any atom is 0.298 e. The van der Waals surface area contributed by atoms with Crippen LogP contribution in [0.15, 0.2) is 58.8 Å². The first-order valence-corrected chi connectivity index (χ1v) is 12.1. The molecular formula is C25H20N6O3S. The zero-order valence-corrected chi connectivity index (χ0v) is 19.3. The molecule has 0 unspecified atom stereocenters. The molecule has 6 rings (SSSR count). The van der Waals surface area contributed by atoms with Crippen molar-refractivity contribution in [1.82, 2.24) is 24.7 Å². The van der Waals surface area contributed by atoms with Crippen LogP contribution < -0.4 is 10.9 Å². The lowest BCUT2D eigenvalue weighted by atomic mass is 9.97. The Hall–Kier alpha value is -4.31. The molecule has 0 saturated carbocycles. The number of nitrogens with one attached hydrogen (secondary N) is 3. The number of aryl methyl sites for hydroxylation is 1. The number of carbonyl (C=O) groups is 2. The summed E-state index contributed by atoms with van der Waals surface area (Å²) in [4.78, 5) is 50.1. The van der Waals surface area contributed by atoms with Gasteiger partial charge in [0.2, 0.25) is 5.95 Å². The Balaban J connectivity index is 1.40. The second-order valence-corrected chi connectivity index (χ2v) is 9.30. The summed E-state index contributed by atoms with van der Waals surface area (Å²) in [6.45, 7) is 0. The standard InChI is InChI=1S/C25H20N6O3S/c32-22(16-13-26-17-8-3-1-6-14(16)17)24(34)28-21-12-19(20-10-5-11-35-20)30-31(21)25-27-18-9-4-2-7-15(18)23(33)29-25/h1,3,5-6,8,10-13,26H,2,4,7,9H2,(H,28,34)(H,27,29,33). The monoisotopic (exact) mass is 484 g/mol. The number of para-hydroxylation sites is 1. The Bertz CT molecular complexity index is 1640. The molecule has 9 nitrogen and oxygen atoms in total. The van der Waals surface area contributed by atoms with E-state index in [1.54, 1.807) is 12.1 Å². The Kier molecular flexibility index (Phi) is 5.14. The van der Waals surface area contributed by atoms with Crippen molar-refractivity contribution in [2.24, 2.45) is 0 Å². The summed E-state index contributed by atoms with van der Waals surface area (Å²) in [5.41, 5.74) is 2.88. The van der Waals surface area contributed by atoms with E-state index >= 15 is 0 Å². The van der Waals surface area contributed by atoms with Gasteiger partial charge in [-0.05, 0) is 43.2 Å². The molecule has 5 aromatic rings. The lowest BCUT2D eigenvalue weighted by Crippen LogP contribution is -2.26. The van der Waals surface area contributed by atoms with Gasteiger partial charge in [0.25, 0.3) is 17.2 Å². The topological polar surface area (TPSA) is 126 Å². The van der Waals surface area contributed by atoms with Crippen molar-refractivity contribution in [3.05, 3.63) is 81.2 Å². The molecule has 1 amide bonds. The summed E-state index contributed by atoms with van der Waals surface area (Å²) < 4.78 is 1.38. The molecule has 1 aliphatic rings.